The van der Waals surface area contributed by atoms with E-state index in [1.165, 1.54) is 0 Å². The second kappa shape index (κ2) is 3.15. The molecule has 68 valence electrons. The third-order valence-corrected chi connectivity index (χ3v) is 3.08. The van der Waals surface area contributed by atoms with Crippen LogP contribution in [0, 0.1) is 0 Å². The van der Waals surface area contributed by atoms with Crippen molar-refractivity contribution < 1.29 is 4.79 Å². The fourth-order valence-electron chi connectivity index (χ4n) is 1.88. The largest absolute Gasteiger partial charge is 0.299 e. The van der Waals surface area contributed by atoms with Crippen molar-refractivity contribution in [3.8, 4) is 0 Å². The van der Waals surface area contributed by atoms with Gasteiger partial charge < -0.3 is 0 Å². The Morgan fingerprint density at radius 1 is 1.38 bits per heavy atom. The Labute approximate surface area is 82.7 Å². The van der Waals surface area contributed by atoms with Gasteiger partial charge in [-0.1, -0.05) is 30.7 Å². The van der Waals surface area contributed by atoms with Crippen LogP contribution in [0.3, 0.4) is 0 Å². The molecule has 2 heteroatoms. The molecule has 0 N–H and O–H groups in total. The second-order valence-corrected chi connectivity index (χ2v) is 3.90. The van der Waals surface area contributed by atoms with Gasteiger partial charge in [-0.15, -0.1) is 0 Å². The molecule has 0 bridgehead atoms. The molecule has 0 heterocycles. The van der Waals surface area contributed by atoms with Crippen molar-refractivity contribution in [3.05, 3.63) is 34.3 Å². The van der Waals surface area contributed by atoms with Crippen molar-refractivity contribution in [1.82, 2.24) is 0 Å². The third kappa shape index (κ3) is 1.37. The van der Waals surface area contributed by atoms with Crippen LogP contribution >= 0.6 is 11.6 Å². The quantitative estimate of drug-likeness (QED) is 0.621. The molecule has 1 atom stereocenters. The number of hydrogen-bond acceptors (Lipinski definition) is 1. The average Bonchev–Trinajstić information content (AvgIpc) is 2.12. The molecule has 0 radical (unpaired) electrons. The maximum atomic E-state index is 11.4. The minimum absolute atomic E-state index is 0.0300. The minimum Gasteiger partial charge on any atom is -0.299 e. The number of Topliss-reactive ketones (excluding diaryl/α,β-unsaturated/α-hetero) is 1. The van der Waals surface area contributed by atoms with Crippen molar-refractivity contribution >= 4 is 17.4 Å². The Kier molecular flexibility index (Phi) is 2.12. The number of halogens is 1. The van der Waals surface area contributed by atoms with Gasteiger partial charge in [-0.3, -0.25) is 4.79 Å². The van der Waals surface area contributed by atoms with Crippen LogP contribution < -0.4 is 0 Å². The number of ketones is 1. The number of hydrogen-bond donors (Lipinski definition) is 0. The van der Waals surface area contributed by atoms with Gasteiger partial charge in [0.15, 0.2) is 0 Å². The number of fused-ring (bicyclic) bond motifs is 1. The predicted octanol–water partition coefficient (Wildman–Crippen LogP) is 2.96. The first-order chi connectivity index (χ1) is 6.20. The average molecular weight is 195 g/mol. The molecule has 0 saturated carbocycles. The van der Waals surface area contributed by atoms with E-state index in [9.17, 15) is 4.79 Å². The molecule has 1 aromatic carbocycles. The highest BCUT2D eigenvalue weighted by Gasteiger charge is 2.24. The Hall–Kier alpha value is -0.820. The van der Waals surface area contributed by atoms with Gasteiger partial charge in [0.1, 0.15) is 5.78 Å². The summed E-state index contributed by atoms with van der Waals surface area (Å²) in [5.41, 5.74) is 2.28. The summed E-state index contributed by atoms with van der Waals surface area (Å²) < 4.78 is 0. The first-order valence-corrected chi connectivity index (χ1v) is 4.88. The van der Waals surface area contributed by atoms with Crippen LogP contribution in [0.2, 0.25) is 5.02 Å². The number of carbonyl (C=O) groups is 1. The highest BCUT2D eigenvalue weighted by atomic mass is 35.5. The zero-order chi connectivity index (χ0) is 9.42. The summed E-state index contributed by atoms with van der Waals surface area (Å²) in [5.74, 6) is 0.359. The number of carbonyl (C=O) groups excluding carboxylic acids is 1. The van der Waals surface area contributed by atoms with Crippen LogP contribution in [0.5, 0.6) is 0 Å². The number of rotatable bonds is 0. The van der Waals surface area contributed by atoms with E-state index in [2.05, 4.69) is 0 Å². The van der Waals surface area contributed by atoms with E-state index in [0.717, 1.165) is 22.6 Å². The van der Waals surface area contributed by atoms with Crippen molar-refractivity contribution in [3.63, 3.8) is 0 Å². The summed E-state index contributed by atoms with van der Waals surface area (Å²) in [6.07, 6.45) is 1.44. The van der Waals surface area contributed by atoms with Gasteiger partial charge in [0.05, 0.1) is 0 Å². The second-order valence-electron chi connectivity index (χ2n) is 3.50. The van der Waals surface area contributed by atoms with Gasteiger partial charge in [0, 0.05) is 17.4 Å². The zero-order valence-electron chi connectivity index (χ0n) is 7.51. The maximum Gasteiger partial charge on any atom is 0.140 e. The van der Waals surface area contributed by atoms with E-state index in [1.807, 2.05) is 25.1 Å². The minimum atomic E-state index is 0.0300. The molecule has 0 aromatic heterocycles. The molecule has 1 nitrogen and oxygen atoms in total. The summed E-state index contributed by atoms with van der Waals surface area (Å²) in [4.78, 5) is 11.4. The Balaban J connectivity index is 2.55. The molecule has 0 amide bonds. The van der Waals surface area contributed by atoms with E-state index in [1.54, 1.807) is 0 Å². The molecular weight excluding hydrogens is 184 g/mol. The summed E-state index contributed by atoms with van der Waals surface area (Å²) >= 11 is 6.04. The summed E-state index contributed by atoms with van der Waals surface area (Å²) in [7, 11) is 0. The van der Waals surface area contributed by atoms with Crippen molar-refractivity contribution in [2.75, 3.05) is 0 Å². The molecule has 1 aliphatic rings. The molecular formula is C11H11ClO. The van der Waals surface area contributed by atoms with Crippen molar-refractivity contribution in [1.29, 1.82) is 0 Å². The normalized spacial score (nSPS) is 21.4. The molecule has 1 aliphatic carbocycles. The molecule has 13 heavy (non-hydrogen) atoms. The molecule has 0 fully saturated rings. The maximum absolute atomic E-state index is 11.4. The van der Waals surface area contributed by atoms with Crippen molar-refractivity contribution in [2.45, 2.75) is 25.7 Å². The van der Waals surface area contributed by atoms with Gasteiger partial charge in [-0.25, -0.2) is 0 Å². The van der Waals surface area contributed by atoms with Crippen LogP contribution in [0.25, 0.3) is 0 Å². The highest BCUT2D eigenvalue weighted by Crippen LogP contribution is 2.32. The van der Waals surface area contributed by atoms with E-state index in [-0.39, 0.29) is 5.92 Å². The predicted molar refractivity (Wildman–Crippen MR) is 53.2 cm³/mol. The van der Waals surface area contributed by atoms with E-state index < -0.39 is 0 Å². The lowest BCUT2D eigenvalue weighted by atomic mass is 9.83. The lowest BCUT2D eigenvalue weighted by molar-refractivity contribution is -0.120. The molecule has 0 saturated heterocycles. The summed E-state index contributed by atoms with van der Waals surface area (Å²) in [6, 6.07) is 5.81. The van der Waals surface area contributed by atoms with Gasteiger partial charge in [-0.2, -0.15) is 0 Å². The highest BCUT2D eigenvalue weighted by molar-refractivity contribution is 6.31. The molecule has 0 aliphatic heterocycles. The first-order valence-electron chi connectivity index (χ1n) is 4.50. The monoisotopic (exact) mass is 194 g/mol. The molecule has 1 unspecified atom stereocenters. The Bertz CT molecular complexity index is 357. The van der Waals surface area contributed by atoms with Crippen LogP contribution in [0.4, 0.5) is 0 Å². The summed E-state index contributed by atoms with van der Waals surface area (Å²) in [6.45, 7) is 1.96. The topological polar surface area (TPSA) is 17.1 Å². The fraction of sp³-hybridized carbons (Fsp3) is 0.364. The zero-order valence-corrected chi connectivity index (χ0v) is 8.27. The van der Waals surface area contributed by atoms with Crippen molar-refractivity contribution in [2.24, 2.45) is 0 Å². The van der Waals surface area contributed by atoms with Gasteiger partial charge >= 0.3 is 0 Å². The Morgan fingerprint density at radius 2 is 2.15 bits per heavy atom. The van der Waals surface area contributed by atoms with E-state index in [4.69, 9.17) is 11.6 Å². The number of benzene rings is 1. The summed E-state index contributed by atoms with van der Waals surface area (Å²) in [5, 5.41) is 0.803. The van der Waals surface area contributed by atoms with Gasteiger partial charge in [0.2, 0.25) is 0 Å². The van der Waals surface area contributed by atoms with Gasteiger partial charge in [0.25, 0.3) is 0 Å². The third-order valence-electron chi connectivity index (χ3n) is 2.73. The van der Waals surface area contributed by atoms with Crippen LogP contribution in [-0.4, -0.2) is 5.78 Å². The van der Waals surface area contributed by atoms with Crippen LogP contribution in [0.15, 0.2) is 18.2 Å². The lowest BCUT2D eigenvalue weighted by Gasteiger charge is -2.21. The molecule has 1 aromatic rings. The first kappa shape index (κ1) is 8.76. The van der Waals surface area contributed by atoms with Gasteiger partial charge in [-0.05, 0) is 23.6 Å². The van der Waals surface area contributed by atoms with Crippen LogP contribution in [-0.2, 0) is 11.2 Å². The molecule has 2 rings (SSSR count). The smallest absolute Gasteiger partial charge is 0.140 e. The fourth-order valence-corrected chi connectivity index (χ4v) is 2.16. The SMILES string of the molecule is CC1C(=O)CCc2c(Cl)cccc21. The van der Waals surface area contributed by atoms with E-state index in [0.29, 0.717) is 12.2 Å². The standard InChI is InChI=1S/C11H11ClO/c1-7-8-3-2-4-10(12)9(8)5-6-11(7)13/h2-4,7H,5-6H2,1H3. The van der Waals surface area contributed by atoms with E-state index >= 15 is 0 Å². The van der Waals surface area contributed by atoms with Crippen LogP contribution in [0.1, 0.15) is 30.4 Å². The molecule has 0 spiro atoms. The Morgan fingerprint density at radius 3 is 2.92 bits per heavy atom. The lowest BCUT2D eigenvalue weighted by Crippen LogP contribution is -2.18.